The summed E-state index contributed by atoms with van der Waals surface area (Å²) in [7, 11) is 0. The molecule has 1 aliphatic carbocycles. The van der Waals surface area contributed by atoms with Gasteiger partial charge < -0.3 is 11.5 Å². The van der Waals surface area contributed by atoms with Crippen molar-refractivity contribution in [3.63, 3.8) is 0 Å². The highest BCUT2D eigenvalue weighted by Gasteiger charge is 2.32. The Balaban J connectivity index is 2.62. The van der Waals surface area contributed by atoms with Crippen molar-refractivity contribution in [2.45, 2.75) is 18.5 Å². The van der Waals surface area contributed by atoms with Crippen molar-refractivity contribution in [2.75, 3.05) is 0 Å². The molecule has 0 aliphatic heterocycles. The SMILES string of the molecule is N[C@@H]1C[C@H](N)c2c(Br)sc(Br)c21. The van der Waals surface area contributed by atoms with Crippen LogP contribution < -0.4 is 11.5 Å². The van der Waals surface area contributed by atoms with E-state index in [9.17, 15) is 0 Å². The highest BCUT2D eigenvalue weighted by Crippen LogP contribution is 2.49. The third-order valence-corrected chi connectivity index (χ3v) is 4.77. The van der Waals surface area contributed by atoms with E-state index in [0.717, 1.165) is 14.0 Å². The minimum Gasteiger partial charge on any atom is -0.324 e. The van der Waals surface area contributed by atoms with Crippen molar-refractivity contribution in [3.05, 3.63) is 18.7 Å². The Kier molecular flexibility index (Phi) is 2.33. The summed E-state index contributed by atoms with van der Waals surface area (Å²) in [5, 5.41) is 0. The molecule has 0 unspecified atom stereocenters. The summed E-state index contributed by atoms with van der Waals surface area (Å²) in [4.78, 5) is 0. The van der Waals surface area contributed by atoms with Crippen molar-refractivity contribution in [1.82, 2.24) is 0 Å². The quantitative estimate of drug-likeness (QED) is 0.774. The summed E-state index contributed by atoms with van der Waals surface area (Å²) < 4.78 is 2.23. The van der Waals surface area contributed by atoms with Gasteiger partial charge in [0.2, 0.25) is 0 Å². The van der Waals surface area contributed by atoms with E-state index < -0.39 is 0 Å². The van der Waals surface area contributed by atoms with Gasteiger partial charge in [-0.1, -0.05) is 0 Å². The molecule has 0 fully saturated rings. The monoisotopic (exact) mass is 310 g/mol. The minimum absolute atomic E-state index is 0.104. The average Bonchev–Trinajstić information content (AvgIpc) is 2.38. The predicted molar refractivity (Wildman–Crippen MR) is 58.2 cm³/mol. The van der Waals surface area contributed by atoms with Gasteiger partial charge in [0.05, 0.1) is 7.57 Å². The van der Waals surface area contributed by atoms with E-state index >= 15 is 0 Å². The Morgan fingerprint density at radius 2 is 1.50 bits per heavy atom. The fourth-order valence-corrected chi connectivity index (χ4v) is 5.14. The van der Waals surface area contributed by atoms with Crippen LogP contribution in [0.15, 0.2) is 7.57 Å². The topological polar surface area (TPSA) is 52.0 Å². The van der Waals surface area contributed by atoms with Crippen LogP contribution in [0.4, 0.5) is 0 Å². The molecular formula is C7H8Br2N2S. The molecule has 0 spiro atoms. The van der Waals surface area contributed by atoms with Crippen LogP contribution in [0.3, 0.4) is 0 Å². The van der Waals surface area contributed by atoms with Gasteiger partial charge in [0, 0.05) is 12.1 Å². The molecule has 5 heteroatoms. The predicted octanol–water partition coefficient (Wildman–Crippen LogP) is 2.68. The van der Waals surface area contributed by atoms with E-state index in [-0.39, 0.29) is 12.1 Å². The molecule has 1 aliphatic rings. The van der Waals surface area contributed by atoms with Crippen molar-refractivity contribution >= 4 is 43.2 Å². The maximum atomic E-state index is 5.93. The molecular weight excluding hydrogens is 304 g/mol. The van der Waals surface area contributed by atoms with Crippen LogP contribution in [0.25, 0.3) is 0 Å². The standard InChI is InChI=1S/C7H8Br2N2S/c8-6-4-2(10)1-3(11)5(4)7(9)12-6/h2-3H,1,10-11H2/t2-,3+. The van der Waals surface area contributed by atoms with Gasteiger partial charge in [-0.15, -0.1) is 11.3 Å². The van der Waals surface area contributed by atoms with Gasteiger partial charge in [-0.2, -0.15) is 0 Å². The Morgan fingerprint density at radius 3 is 1.92 bits per heavy atom. The molecule has 2 nitrogen and oxygen atoms in total. The molecule has 2 rings (SSSR count). The van der Waals surface area contributed by atoms with Crippen molar-refractivity contribution in [3.8, 4) is 0 Å². The number of rotatable bonds is 0. The number of nitrogens with two attached hydrogens (primary N) is 2. The van der Waals surface area contributed by atoms with Crippen LogP contribution in [0.5, 0.6) is 0 Å². The van der Waals surface area contributed by atoms with E-state index in [4.69, 9.17) is 11.5 Å². The molecule has 1 aromatic rings. The van der Waals surface area contributed by atoms with Gasteiger partial charge in [0.25, 0.3) is 0 Å². The average molecular weight is 312 g/mol. The van der Waals surface area contributed by atoms with E-state index in [1.165, 1.54) is 11.1 Å². The summed E-state index contributed by atoms with van der Waals surface area (Å²) in [6.45, 7) is 0. The lowest BCUT2D eigenvalue weighted by molar-refractivity contribution is 0.620. The van der Waals surface area contributed by atoms with E-state index in [2.05, 4.69) is 31.9 Å². The molecule has 0 amide bonds. The largest absolute Gasteiger partial charge is 0.324 e. The minimum atomic E-state index is 0.104. The molecule has 12 heavy (non-hydrogen) atoms. The third-order valence-electron chi connectivity index (χ3n) is 2.14. The number of thiophene rings is 1. The Bertz CT molecular complexity index is 295. The van der Waals surface area contributed by atoms with Gasteiger partial charge in [-0.3, -0.25) is 0 Å². The zero-order chi connectivity index (χ0) is 8.88. The molecule has 1 aromatic heterocycles. The van der Waals surface area contributed by atoms with E-state index in [0.29, 0.717) is 0 Å². The summed E-state index contributed by atoms with van der Waals surface area (Å²) in [6.07, 6.45) is 0.857. The van der Waals surface area contributed by atoms with Crippen molar-refractivity contribution < 1.29 is 0 Å². The van der Waals surface area contributed by atoms with Crippen molar-refractivity contribution in [1.29, 1.82) is 0 Å². The number of fused-ring (bicyclic) bond motifs is 1. The van der Waals surface area contributed by atoms with E-state index in [1.54, 1.807) is 11.3 Å². The van der Waals surface area contributed by atoms with E-state index in [1.807, 2.05) is 0 Å². The lowest BCUT2D eigenvalue weighted by atomic mass is 10.2. The zero-order valence-corrected chi connectivity index (χ0v) is 10.2. The molecule has 66 valence electrons. The maximum Gasteiger partial charge on any atom is 0.0761 e. The Morgan fingerprint density at radius 1 is 1.08 bits per heavy atom. The highest BCUT2D eigenvalue weighted by molar-refractivity contribution is 9.12. The first-order valence-electron chi connectivity index (χ1n) is 3.60. The van der Waals surface area contributed by atoms with Crippen molar-refractivity contribution in [2.24, 2.45) is 11.5 Å². The van der Waals surface area contributed by atoms with Crippen LogP contribution in [0.1, 0.15) is 29.6 Å². The summed E-state index contributed by atoms with van der Waals surface area (Å²) in [5.74, 6) is 0. The first kappa shape index (κ1) is 9.15. The van der Waals surface area contributed by atoms with Crippen LogP contribution in [-0.2, 0) is 0 Å². The summed E-state index contributed by atoms with van der Waals surface area (Å²) in [6, 6.07) is 0.207. The molecule has 1 heterocycles. The molecule has 4 N–H and O–H groups in total. The van der Waals surface area contributed by atoms with Crippen LogP contribution in [-0.4, -0.2) is 0 Å². The smallest absolute Gasteiger partial charge is 0.0761 e. The molecule has 0 bridgehead atoms. The highest BCUT2D eigenvalue weighted by atomic mass is 79.9. The third kappa shape index (κ3) is 1.19. The lowest BCUT2D eigenvalue weighted by Crippen LogP contribution is -2.09. The second kappa shape index (κ2) is 3.06. The van der Waals surface area contributed by atoms with Crippen LogP contribution in [0.2, 0.25) is 0 Å². The zero-order valence-electron chi connectivity index (χ0n) is 6.18. The Hall–Kier alpha value is 0.580. The number of halogens is 2. The molecule has 0 aromatic carbocycles. The molecule has 0 saturated carbocycles. The number of hydrogen-bond donors (Lipinski definition) is 2. The van der Waals surface area contributed by atoms with Gasteiger partial charge >= 0.3 is 0 Å². The van der Waals surface area contributed by atoms with Gasteiger partial charge in [-0.25, -0.2) is 0 Å². The van der Waals surface area contributed by atoms with Crippen LogP contribution in [0, 0.1) is 0 Å². The first-order chi connectivity index (χ1) is 5.61. The second-order valence-corrected chi connectivity index (χ2v) is 6.58. The lowest BCUT2D eigenvalue weighted by Gasteiger charge is -2.02. The van der Waals surface area contributed by atoms with Crippen LogP contribution >= 0.6 is 43.2 Å². The molecule has 0 saturated heterocycles. The fraction of sp³-hybridized carbons (Fsp3) is 0.429. The first-order valence-corrected chi connectivity index (χ1v) is 6.00. The maximum absolute atomic E-state index is 5.93. The van der Waals surface area contributed by atoms with Gasteiger partial charge in [0.15, 0.2) is 0 Å². The molecule has 2 atom stereocenters. The number of hydrogen-bond acceptors (Lipinski definition) is 3. The second-order valence-electron chi connectivity index (χ2n) is 2.93. The van der Waals surface area contributed by atoms with Gasteiger partial charge in [0.1, 0.15) is 0 Å². The normalized spacial score (nSPS) is 27.7. The summed E-state index contributed by atoms with van der Waals surface area (Å²) in [5.41, 5.74) is 14.2. The summed E-state index contributed by atoms with van der Waals surface area (Å²) >= 11 is 8.63. The fourth-order valence-electron chi connectivity index (χ4n) is 1.60. The Labute approximate surface area is 91.6 Å². The van der Waals surface area contributed by atoms with Gasteiger partial charge in [-0.05, 0) is 49.4 Å². The molecule has 0 radical (unpaired) electrons.